The van der Waals surface area contributed by atoms with Crippen molar-refractivity contribution in [3.63, 3.8) is 0 Å². The number of carbonyl (C=O) groups excluding carboxylic acids is 2. The lowest BCUT2D eigenvalue weighted by Crippen LogP contribution is -2.29. The number of amides is 1. The molecule has 1 N–H and O–H groups in total. The summed E-state index contributed by atoms with van der Waals surface area (Å²) in [5.74, 6) is -2.52. The molecule has 10 heteroatoms. The lowest BCUT2D eigenvalue weighted by molar-refractivity contribution is 0.100. The van der Waals surface area contributed by atoms with Crippen LogP contribution in [0.15, 0.2) is 59.7 Å². The van der Waals surface area contributed by atoms with Gasteiger partial charge in [-0.15, -0.1) is 0 Å². The fourth-order valence-corrected chi connectivity index (χ4v) is 3.70. The Morgan fingerprint density at radius 2 is 1.94 bits per heavy atom. The molecule has 174 valence electrons. The number of pyridine rings is 1. The summed E-state index contributed by atoms with van der Waals surface area (Å²) in [6, 6.07) is 6.85. The quantitative estimate of drug-likeness (QED) is 0.413. The van der Waals surface area contributed by atoms with Crippen LogP contribution in [0.1, 0.15) is 51.5 Å². The van der Waals surface area contributed by atoms with Crippen LogP contribution in [0.3, 0.4) is 0 Å². The van der Waals surface area contributed by atoms with Crippen molar-refractivity contribution in [2.24, 2.45) is 7.05 Å². The van der Waals surface area contributed by atoms with Crippen molar-refractivity contribution < 1.29 is 22.9 Å². The van der Waals surface area contributed by atoms with Crippen molar-refractivity contribution in [3.8, 4) is 0 Å². The third kappa shape index (κ3) is 4.34. The van der Waals surface area contributed by atoms with E-state index >= 15 is 4.39 Å². The Balaban J connectivity index is 1.75. The lowest BCUT2D eigenvalue weighted by atomic mass is 9.75. The molecular formula is C24H21F2N5O3. The summed E-state index contributed by atoms with van der Waals surface area (Å²) in [5.41, 5.74) is 0.127. The summed E-state index contributed by atoms with van der Waals surface area (Å²) in [4.78, 5) is 28.4. The maximum Gasteiger partial charge on any atom is 0.277 e. The van der Waals surface area contributed by atoms with Crippen molar-refractivity contribution in [2.45, 2.75) is 25.7 Å². The highest BCUT2D eigenvalue weighted by Crippen LogP contribution is 2.37. The number of nitrogens with zero attached hydrogens (tertiary/aromatic N) is 4. The Morgan fingerprint density at radius 1 is 1.15 bits per heavy atom. The second kappa shape index (κ2) is 8.97. The van der Waals surface area contributed by atoms with Crippen LogP contribution < -0.4 is 5.32 Å². The molecule has 3 aromatic heterocycles. The van der Waals surface area contributed by atoms with E-state index in [9.17, 15) is 14.0 Å². The smallest absolute Gasteiger partial charge is 0.277 e. The monoisotopic (exact) mass is 465 g/mol. The van der Waals surface area contributed by atoms with Gasteiger partial charge >= 0.3 is 0 Å². The average molecular weight is 465 g/mol. The third-order valence-corrected chi connectivity index (χ3v) is 5.71. The van der Waals surface area contributed by atoms with Gasteiger partial charge in [-0.05, 0) is 44.5 Å². The minimum Gasteiger partial charge on any atom is -0.364 e. The molecular weight excluding hydrogens is 444 g/mol. The molecule has 0 saturated heterocycles. The first-order valence-electron chi connectivity index (χ1n) is 10.3. The van der Waals surface area contributed by atoms with Gasteiger partial charge in [0, 0.05) is 47.6 Å². The molecule has 0 fully saturated rings. The molecule has 0 aliphatic heterocycles. The Labute approximate surface area is 193 Å². The van der Waals surface area contributed by atoms with Gasteiger partial charge in [-0.3, -0.25) is 19.3 Å². The van der Waals surface area contributed by atoms with Crippen LogP contribution >= 0.6 is 0 Å². The van der Waals surface area contributed by atoms with Crippen molar-refractivity contribution in [1.29, 1.82) is 0 Å². The van der Waals surface area contributed by atoms with E-state index in [1.165, 1.54) is 25.5 Å². The van der Waals surface area contributed by atoms with Crippen LogP contribution in [0.25, 0.3) is 0 Å². The van der Waals surface area contributed by atoms with E-state index in [0.29, 0.717) is 16.8 Å². The van der Waals surface area contributed by atoms with Crippen LogP contribution in [-0.4, -0.2) is 31.6 Å². The highest BCUT2D eigenvalue weighted by Gasteiger charge is 2.35. The lowest BCUT2D eigenvalue weighted by Gasteiger charge is -2.29. The number of rotatable bonds is 7. The number of halogens is 2. The average Bonchev–Trinajstić information content (AvgIpc) is 3.51. The predicted molar refractivity (Wildman–Crippen MR) is 118 cm³/mol. The molecule has 1 aromatic carbocycles. The van der Waals surface area contributed by atoms with Gasteiger partial charge in [0.05, 0.1) is 17.6 Å². The number of hydrogen-bond acceptors (Lipinski definition) is 6. The van der Waals surface area contributed by atoms with Crippen LogP contribution in [0.4, 0.5) is 14.5 Å². The van der Waals surface area contributed by atoms with Gasteiger partial charge in [-0.25, -0.2) is 8.78 Å². The number of Topliss-reactive ketones (excluding diaryl/α,β-unsaturated/α-hetero) is 1. The van der Waals surface area contributed by atoms with E-state index in [0.717, 1.165) is 12.1 Å². The summed E-state index contributed by atoms with van der Waals surface area (Å²) in [6.45, 7) is 3.22. The molecule has 4 aromatic rings. The summed E-state index contributed by atoms with van der Waals surface area (Å²) < 4.78 is 36.6. The van der Waals surface area contributed by atoms with Crippen LogP contribution in [0.2, 0.25) is 0 Å². The second-order valence-corrected chi connectivity index (χ2v) is 8.13. The number of nitrogens with one attached hydrogen (secondary N) is 1. The molecule has 0 aliphatic carbocycles. The molecule has 34 heavy (non-hydrogen) atoms. The first kappa shape index (κ1) is 23.0. The first-order chi connectivity index (χ1) is 16.2. The van der Waals surface area contributed by atoms with Crippen LogP contribution in [0, 0.1) is 11.6 Å². The van der Waals surface area contributed by atoms with E-state index in [-0.39, 0.29) is 29.1 Å². The molecule has 8 nitrogen and oxygen atoms in total. The van der Waals surface area contributed by atoms with Gasteiger partial charge in [0.1, 0.15) is 12.1 Å². The molecule has 1 atom stereocenters. The van der Waals surface area contributed by atoms with E-state index in [1.807, 2.05) is 0 Å². The van der Waals surface area contributed by atoms with Gasteiger partial charge in [-0.2, -0.15) is 5.10 Å². The third-order valence-electron chi connectivity index (χ3n) is 5.71. The largest absolute Gasteiger partial charge is 0.364 e. The Hall–Kier alpha value is -4.21. The number of hydrogen-bond donors (Lipinski definition) is 1. The topological polar surface area (TPSA) is 103 Å². The van der Waals surface area contributed by atoms with Gasteiger partial charge in [0.2, 0.25) is 0 Å². The molecule has 1 unspecified atom stereocenters. The summed E-state index contributed by atoms with van der Waals surface area (Å²) in [6.07, 6.45) is 5.87. The zero-order valence-electron chi connectivity index (χ0n) is 18.7. The zero-order valence-corrected chi connectivity index (χ0v) is 18.7. The number of carbonyl (C=O) groups is 2. The fourth-order valence-electron chi connectivity index (χ4n) is 3.70. The van der Waals surface area contributed by atoms with Gasteiger partial charge in [0.15, 0.2) is 17.3 Å². The van der Waals surface area contributed by atoms with Gasteiger partial charge < -0.3 is 9.84 Å². The highest BCUT2D eigenvalue weighted by atomic mass is 19.1. The van der Waals surface area contributed by atoms with Gasteiger partial charge in [-0.1, -0.05) is 5.16 Å². The molecule has 3 heterocycles. The number of anilines is 1. The Kier molecular flexibility index (Phi) is 6.06. The highest BCUT2D eigenvalue weighted by molar-refractivity contribution is 6.02. The normalized spacial score (nSPS) is 12.9. The second-order valence-electron chi connectivity index (χ2n) is 8.13. The molecule has 0 saturated carbocycles. The Bertz CT molecular complexity index is 1350. The number of aromatic nitrogens is 4. The standard InChI is InChI=1S/C24H21F2N5O3/c1-14(32)15-4-7-21(27-11-15)24(2,16-12-28-31(3)13-16)10-17-18(25)5-6-19(22(17)26)29-23(33)20-8-9-34-30-20/h4-9,11-13H,10H2,1-3H3,(H,29,33). The number of ketones is 1. The van der Waals surface area contributed by atoms with Crippen molar-refractivity contribution in [3.05, 3.63) is 94.9 Å². The molecule has 1 amide bonds. The summed E-state index contributed by atoms with van der Waals surface area (Å²) in [7, 11) is 1.73. The molecule has 0 aliphatic rings. The van der Waals surface area contributed by atoms with Crippen molar-refractivity contribution >= 4 is 17.4 Å². The van der Waals surface area contributed by atoms with Crippen molar-refractivity contribution in [2.75, 3.05) is 5.32 Å². The number of aryl methyl sites for hydroxylation is 1. The SMILES string of the molecule is CC(=O)c1ccc(C(C)(Cc2c(F)ccc(NC(=O)c3ccon3)c2F)c2cnn(C)c2)nc1. The molecule has 0 radical (unpaired) electrons. The molecule has 0 bridgehead atoms. The van der Waals surface area contributed by atoms with E-state index < -0.39 is 23.0 Å². The Morgan fingerprint density at radius 3 is 2.53 bits per heavy atom. The molecule has 4 rings (SSSR count). The fraction of sp³-hybridized carbons (Fsp3) is 0.208. The maximum atomic E-state index is 15.5. The van der Waals surface area contributed by atoms with Crippen molar-refractivity contribution in [1.82, 2.24) is 19.9 Å². The minimum absolute atomic E-state index is 0.0414. The van der Waals surface area contributed by atoms with E-state index in [4.69, 9.17) is 0 Å². The van der Waals surface area contributed by atoms with Crippen LogP contribution in [-0.2, 0) is 18.9 Å². The zero-order chi connectivity index (χ0) is 24.5. The maximum absolute atomic E-state index is 15.5. The minimum atomic E-state index is -1.000. The van der Waals surface area contributed by atoms with E-state index in [1.54, 1.807) is 43.2 Å². The number of benzene rings is 1. The summed E-state index contributed by atoms with van der Waals surface area (Å²) >= 11 is 0. The predicted octanol–water partition coefficient (Wildman–Crippen LogP) is 4.08. The van der Waals surface area contributed by atoms with E-state index in [2.05, 4.69) is 25.1 Å². The van der Waals surface area contributed by atoms with Crippen LogP contribution in [0.5, 0.6) is 0 Å². The summed E-state index contributed by atoms with van der Waals surface area (Å²) in [5, 5.41) is 10.1. The van der Waals surface area contributed by atoms with Gasteiger partial charge in [0.25, 0.3) is 5.91 Å². The first-order valence-corrected chi connectivity index (χ1v) is 10.3. The molecule has 0 spiro atoms.